The molecule has 0 saturated carbocycles. The molecule has 1 aliphatic rings. The van der Waals surface area contributed by atoms with Crippen LogP contribution in [0.1, 0.15) is 28.6 Å². The zero-order chi connectivity index (χ0) is 26.5. The van der Waals surface area contributed by atoms with Gasteiger partial charge in [0.15, 0.2) is 5.65 Å². The van der Waals surface area contributed by atoms with E-state index < -0.39 is 29.8 Å². The lowest BCUT2D eigenvalue weighted by molar-refractivity contribution is -0.149. The number of hydrogen-bond acceptors (Lipinski definition) is 7. The second kappa shape index (κ2) is 9.03. The van der Waals surface area contributed by atoms with Crippen molar-refractivity contribution >= 4 is 11.7 Å². The molecule has 4 heterocycles. The summed E-state index contributed by atoms with van der Waals surface area (Å²) in [5.41, 5.74) is 7.36. The molecule has 0 fully saturated rings. The van der Waals surface area contributed by atoms with Gasteiger partial charge in [0.2, 0.25) is 0 Å². The first-order valence-corrected chi connectivity index (χ1v) is 11.1. The van der Waals surface area contributed by atoms with Gasteiger partial charge in [0.05, 0.1) is 29.3 Å². The standard InChI is InChI=1S/C23H21F4N7O3/c1-11-7-17(33(2)32-11)14-9-29-21(34-10-16(31-20(14)34)19(28)23(25,26)27)37-22(35)30-8-13-12-5-6-36-18(12)4-3-15(13)24/h3-4,7,9-10,19H,5-6,8,28H2,1-2H3,(H,30,35). The van der Waals surface area contributed by atoms with Crippen LogP contribution in [0.15, 0.2) is 30.6 Å². The smallest absolute Gasteiger partial charge is 0.415 e. The summed E-state index contributed by atoms with van der Waals surface area (Å²) >= 11 is 0. The van der Waals surface area contributed by atoms with Crippen molar-refractivity contribution in [3.63, 3.8) is 0 Å². The minimum Gasteiger partial charge on any atom is -0.493 e. The minimum atomic E-state index is -4.75. The normalized spacial score (nSPS) is 13.9. The van der Waals surface area contributed by atoms with Gasteiger partial charge in [0.1, 0.15) is 17.6 Å². The number of carbonyl (C=O) groups excluding carboxylic acids is 1. The molecular weight excluding hydrogens is 498 g/mol. The number of ether oxygens (including phenoxy) is 2. The van der Waals surface area contributed by atoms with Gasteiger partial charge in [0.25, 0.3) is 0 Å². The molecule has 14 heteroatoms. The molecule has 3 N–H and O–H groups in total. The van der Waals surface area contributed by atoms with Crippen molar-refractivity contribution in [1.82, 2.24) is 29.5 Å². The van der Waals surface area contributed by atoms with Gasteiger partial charge in [-0.05, 0) is 25.1 Å². The Labute approximate surface area is 207 Å². The molecule has 1 aliphatic heterocycles. The van der Waals surface area contributed by atoms with Crippen LogP contribution in [-0.4, -0.2) is 43.0 Å². The lowest BCUT2D eigenvalue weighted by atomic mass is 10.0. The summed E-state index contributed by atoms with van der Waals surface area (Å²) in [7, 11) is 1.66. The number of hydrogen-bond donors (Lipinski definition) is 2. The van der Waals surface area contributed by atoms with Crippen LogP contribution in [0.5, 0.6) is 11.8 Å². The van der Waals surface area contributed by atoms with E-state index in [0.717, 1.165) is 10.6 Å². The molecule has 1 aromatic carbocycles. The van der Waals surface area contributed by atoms with Gasteiger partial charge in [-0.25, -0.2) is 19.2 Å². The predicted octanol–water partition coefficient (Wildman–Crippen LogP) is 3.36. The largest absolute Gasteiger partial charge is 0.493 e. The molecule has 4 aromatic rings. The predicted molar refractivity (Wildman–Crippen MR) is 121 cm³/mol. The lowest BCUT2D eigenvalue weighted by Crippen LogP contribution is -2.28. The number of rotatable bonds is 5. The van der Waals surface area contributed by atoms with Crippen molar-refractivity contribution in [2.45, 2.75) is 32.1 Å². The van der Waals surface area contributed by atoms with Crippen LogP contribution in [0.3, 0.4) is 0 Å². The second-order valence-corrected chi connectivity index (χ2v) is 8.47. The van der Waals surface area contributed by atoms with Gasteiger partial charge in [-0.15, -0.1) is 0 Å². The number of aryl methyl sites for hydroxylation is 2. The number of amides is 1. The average molecular weight is 519 g/mol. The number of halogens is 4. The Morgan fingerprint density at radius 2 is 2.14 bits per heavy atom. The molecule has 194 valence electrons. The molecule has 5 rings (SSSR count). The van der Waals surface area contributed by atoms with Crippen LogP contribution >= 0.6 is 0 Å². The van der Waals surface area contributed by atoms with Crippen LogP contribution in [0.2, 0.25) is 0 Å². The molecule has 3 aromatic heterocycles. The molecule has 0 bridgehead atoms. The quantitative estimate of drug-likeness (QED) is 0.388. The van der Waals surface area contributed by atoms with E-state index in [4.69, 9.17) is 15.2 Å². The van der Waals surface area contributed by atoms with Crippen molar-refractivity contribution < 1.29 is 31.8 Å². The van der Waals surface area contributed by atoms with Gasteiger partial charge in [-0.1, -0.05) is 0 Å². The number of benzene rings is 1. The summed E-state index contributed by atoms with van der Waals surface area (Å²) in [5, 5.41) is 6.69. The number of aromatic nitrogens is 5. The fraction of sp³-hybridized carbons (Fsp3) is 0.304. The van der Waals surface area contributed by atoms with E-state index in [1.807, 2.05) is 0 Å². The Hall–Kier alpha value is -4.20. The molecule has 1 amide bonds. The number of imidazole rings is 1. The second-order valence-electron chi connectivity index (χ2n) is 8.47. The number of nitrogens with two attached hydrogens (primary N) is 1. The molecule has 37 heavy (non-hydrogen) atoms. The van der Waals surface area contributed by atoms with Gasteiger partial charge in [0, 0.05) is 43.5 Å². The van der Waals surface area contributed by atoms with E-state index in [0.29, 0.717) is 41.3 Å². The molecule has 0 radical (unpaired) electrons. The van der Waals surface area contributed by atoms with Gasteiger partial charge < -0.3 is 20.5 Å². The van der Waals surface area contributed by atoms with E-state index in [2.05, 4.69) is 20.4 Å². The summed E-state index contributed by atoms with van der Waals surface area (Å²) in [4.78, 5) is 20.8. The number of nitrogens with zero attached hydrogens (tertiary/aromatic N) is 5. The molecule has 1 unspecified atom stereocenters. The van der Waals surface area contributed by atoms with Crippen LogP contribution in [-0.2, 0) is 20.0 Å². The fourth-order valence-electron chi connectivity index (χ4n) is 4.20. The Balaban J connectivity index is 1.47. The van der Waals surface area contributed by atoms with E-state index >= 15 is 0 Å². The highest BCUT2D eigenvalue weighted by atomic mass is 19.4. The SMILES string of the molecule is Cc1cc(-c2cnc(OC(=O)NCc3c(F)ccc4c3CCO4)n3cc(C(N)C(F)(F)F)nc23)n(C)n1. The van der Waals surface area contributed by atoms with Crippen LogP contribution < -0.4 is 20.5 Å². The summed E-state index contributed by atoms with van der Waals surface area (Å²) in [6.07, 6.45) is -2.93. The summed E-state index contributed by atoms with van der Waals surface area (Å²) < 4.78 is 67.6. The highest BCUT2D eigenvalue weighted by Gasteiger charge is 2.40. The van der Waals surface area contributed by atoms with Crippen molar-refractivity contribution in [2.24, 2.45) is 12.8 Å². The molecule has 0 spiro atoms. The maximum atomic E-state index is 14.4. The fourth-order valence-corrected chi connectivity index (χ4v) is 4.20. The Morgan fingerprint density at radius 1 is 1.35 bits per heavy atom. The van der Waals surface area contributed by atoms with Crippen molar-refractivity contribution in [3.8, 4) is 23.0 Å². The number of nitrogens with one attached hydrogen (secondary N) is 1. The summed E-state index contributed by atoms with van der Waals surface area (Å²) in [5.74, 6) is 0.0316. The van der Waals surface area contributed by atoms with E-state index in [1.54, 1.807) is 20.0 Å². The lowest BCUT2D eigenvalue weighted by Gasteiger charge is -2.12. The molecule has 1 atom stereocenters. The zero-order valence-corrected chi connectivity index (χ0v) is 19.6. The monoisotopic (exact) mass is 519 g/mol. The third-order valence-corrected chi connectivity index (χ3v) is 5.96. The molecular formula is C23H21F4N7O3. The van der Waals surface area contributed by atoms with Gasteiger partial charge in [-0.3, -0.25) is 9.08 Å². The van der Waals surface area contributed by atoms with Crippen molar-refractivity contribution in [3.05, 3.63) is 58.9 Å². The summed E-state index contributed by atoms with van der Waals surface area (Å²) in [6.45, 7) is 1.97. The molecule has 0 saturated heterocycles. The number of alkyl halides is 3. The van der Waals surface area contributed by atoms with E-state index in [1.165, 1.54) is 23.0 Å². The summed E-state index contributed by atoms with van der Waals surface area (Å²) in [6, 6.07) is 1.74. The van der Waals surface area contributed by atoms with Crippen LogP contribution in [0, 0.1) is 12.7 Å². The topological polar surface area (TPSA) is 122 Å². The van der Waals surface area contributed by atoms with Crippen LogP contribution in [0.4, 0.5) is 22.4 Å². The van der Waals surface area contributed by atoms with Gasteiger partial charge >= 0.3 is 18.3 Å². The Morgan fingerprint density at radius 3 is 2.84 bits per heavy atom. The van der Waals surface area contributed by atoms with E-state index in [-0.39, 0.29) is 23.8 Å². The first-order valence-electron chi connectivity index (χ1n) is 11.1. The average Bonchev–Trinajstić information content (AvgIpc) is 3.56. The highest BCUT2D eigenvalue weighted by molar-refractivity contribution is 5.76. The Kier molecular flexibility index (Phi) is 5.98. The molecule has 10 nitrogen and oxygen atoms in total. The van der Waals surface area contributed by atoms with Crippen molar-refractivity contribution in [2.75, 3.05) is 6.61 Å². The van der Waals surface area contributed by atoms with Gasteiger partial charge in [-0.2, -0.15) is 18.3 Å². The maximum absolute atomic E-state index is 14.4. The van der Waals surface area contributed by atoms with Crippen molar-refractivity contribution in [1.29, 1.82) is 0 Å². The molecule has 0 aliphatic carbocycles. The first-order chi connectivity index (χ1) is 17.5. The first kappa shape index (κ1) is 24.5. The third kappa shape index (κ3) is 4.55. The minimum absolute atomic E-state index is 0.0274. The number of fused-ring (bicyclic) bond motifs is 2. The highest BCUT2D eigenvalue weighted by Crippen LogP contribution is 2.33. The van der Waals surface area contributed by atoms with Crippen LogP contribution in [0.25, 0.3) is 16.9 Å². The maximum Gasteiger partial charge on any atom is 0.415 e. The zero-order valence-electron chi connectivity index (χ0n) is 19.6. The third-order valence-electron chi connectivity index (χ3n) is 5.96. The Bertz CT molecular complexity index is 1510. The number of carbonyl (C=O) groups is 1. The van der Waals surface area contributed by atoms with E-state index in [9.17, 15) is 22.4 Å².